The molecule has 9 nitrogen and oxygen atoms in total. The number of likely N-dealkylation sites (tertiary alicyclic amines) is 1. The lowest BCUT2D eigenvalue weighted by atomic mass is 9.98. The van der Waals surface area contributed by atoms with Gasteiger partial charge < -0.3 is 15.0 Å². The van der Waals surface area contributed by atoms with E-state index in [1.807, 2.05) is 11.8 Å². The Morgan fingerprint density at radius 3 is 2.86 bits per heavy atom. The van der Waals surface area contributed by atoms with E-state index in [4.69, 9.17) is 4.74 Å². The highest BCUT2D eigenvalue weighted by molar-refractivity contribution is 14.0. The quantitative estimate of drug-likeness (QED) is 0.168. The average Bonchev–Trinajstić information content (AvgIpc) is 2.71. The molecule has 2 heterocycles. The third-order valence-electron chi connectivity index (χ3n) is 4.29. The van der Waals surface area contributed by atoms with Gasteiger partial charge in [-0.2, -0.15) is 0 Å². The molecule has 0 amide bonds. The monoisotopic (exact) mass is 539 g/mol. The van der Waals surface area contributed by atoms with Crippen molar-refractivity contribution < 1.29 is 17.9 Å². The molecular formula is C18H30IN5O4S. The highest BCUT2D eigenvalue weighted by Gasteiger charge is 2.28. The summed E-state index contributed by atoms with van der Waals surface area (Å²) in [6.45, 7) is 6.62. The maximum Gasteiger partial charge on any atom is 0.310 e. The molecule has 0 spiro atoms. The molecule has 0 radical (unpaired) electrons. The summed E-state index contributed by atoms with van der Waals surface area (Å²) in [6.07, 6.45) is 4.51. The smallest absolute Gasteiger partial charge is 0.310 e. The van der Waals surface area contributed by atoms with Crippen LogP contribution in [0.1, 0.15) is 26.7 Å². The van der Waals surface area contributed by atoms with Gasteiger partial charge in [0, 0.05) is 38.6 Å². The van der Waals surface area contributed by atoms with Crippen molar-refractivity contribution in [3.8, 4) is 0 Å². The minimum atomic E-state index is -3.60. The molecule has 1 unspecified atom stereocenters. The summed E-state index contributed by atoms with van der Waals surface area (Å²) in [6, 6.07) is 3.07. The zero-order valence-electron chi connectivity index (χ0n) is 16.8. The number of nitrogens with one attached hydrogen (secondary N) is 2. The minimum Gasteiger partial charge on any atom is -0.466 e. The van der Waals surface area contributed by atoms with Gasteiger partial charge in [-0.05, 0) is 38.8 Å². The average molecular weight is 539 g/mol. The van der Waals surface area contributed by atoms with Crippen molar-refractivity contribution in [1.29, 1.82) is 0 Å². The van der Waals surface area contributed by atoms with E-state index in [0.29, 0.717) is 25.7 Å². The van der Waals surface area contributed by atoms with Crippen LogP contribution in [0.15, 0.2) is 34.4 Å². The highest BCUT2D eigenvalue weighted by Crippen LogP contribution is 2.18. The fourth-order valence-electron chi connectivity index (χ4n) is 2.98. The van der Waals surface area contributed by atoms with Crippen LogP contribution >= 0.6 is 24.0 Å². The van der Waals surface area contributed by atoms with E-state index in [2.05, 4.69) is 20.0 Å². The van der Waals surface area contributed by atoms with E-state index >= 15 is 0 Å². The Hall–Kier alpha value is -1.47. The fraction of sp³-hybridized carbons (Fsp3) is 0.611. The van der Waals surface area contributed by atoms with Gasteiger partial charge in [-0.15, -0.1) is 24.0 Å². The molecule has 11 heteroatoms. The molecule has 0 aromatic carbocycles. The Kier molecular flexibility index (Phi) is 11.4. The minimum absolute atomic E-state index is 0. The lowest BCUT2D eigenvalue weighted by molar-refractivity contribution is -0.149. The summed E-state index contributed by atoms with van der Waals surface area (Å²) in [5.74, 6) is 0.339. The molecule has 1 saturated heterocycles. The van der Waals surface area contributed by atoms with Crippen LogP contribution in [0.4, 0.5) is 0 Å². The summed E-state index contributed by atoms with van der Waals surface area (Å²) in [5.41, 5.74) is 0. The van der Waals surface area contributed by atoms with Gasteiger partial charge >= 0.3 is 5.97 Å². The van der Waals surface area contributed by atoms with Crippen LogP contribution in [-0.4, -0.2) is 69.6 Å². The molecule has 0 aliphatic carbocycles. The Labute approximate surface area is 189 Å². The van der Waals surface area contributed by atoms with Gasteiger partial charge in [-0.25, -0.2) is 13.1 Å². The van der Waals surface area contributed by atoms with Crippen LogP contribution in [0.5, 0.6) is 0 Å². The number of aromatic nitrogens is 1. The Morgan fingerprint density at radius 1 is 1.41 bits per heavy atom. The van der Waals surface area contributed by atoms with Crippen LogP contribution in [0.2, 0.25) is 0 Å². The maximum atomic E-state index is 12.2. The van der Waals surface area contributed by atoms with Gasteiger partial charge in [-0.3, -0.25) is 14.8 Å². The van der Waals surface area contributed by atoms with Gasteiger partial charge in [0.25, 0.3) is 0 Å². The van der Waals surface area contributed by atoms with Gasteiger partial charge in [-0.1, -0.05) is 0 Å². The van der Waals surface area contributed by atoms with Crippen molar-refractivity contribution in [2.75, 3.05) is 39.3 Å². The molecule has 1 fully saturated rings. The Balaban J connectivity index is 0.00000420. The van der Waals surface area contributed by atoms with Gasteiger partial charge in [0.1, 0.15) is 4.90 Å². The summed E-state index contributed by atoms with van der Waals surface area (Å²) >= 11 is 0. The normalized spacial score (nSPS) is 17.4. The summed E-state index contributed by atoms with van der Waals surface area (Å²) in [7, 11) is -3.60. The van der Waals surface area contributed by atoms with E-state index in [1.54, 1.807) is 13.0 Å². The number of pyridine rings is 1. The van der Waals surface area contributed by atoms with Crippen LogP contribution in [0.25, 0.3) is 0 Å². The predicted molar refractivity (Wildman–Crippen MR) is 122 cm³/mol. The van der Waals surface area contributed by atoms with Crippen LogP contribution in [-0.2, 0) is 19.6 Å². The van der Waals surface area contributed by atoms with E-state index in [0.717, 1.165) is 19.4 Å². The third-order valence-corrected chi connectivity index (χ3v) is 5.73. The predicted octanol–water partition coefficient (Wildman–Crippen LogP) is 1.22. The topological polar surface area (TPSA) is 113 Å². The molecule has 164 valence electrons. The lowest BCUT2D eigenvalue weighted by Crippen LogP contribution is -2.48. The number of piperidine rings is 1. The zero-order chi connectivity index (χ0) is 20.4. The van der Waals surface area contributed by atoms with Crippen molar-refractivity contribution in [3.05, 3.63) is 24.5 Å². The Bertz CT molecular complexity index is 761. The number of ether oxygens (including phenoxy) is 1. The summed E-state index contributed by atoms with van der Waals surface area (Å²) in [4.78, 5) is 22.5. The molecule has 1 aliphatic rings. The first-order valence-electron chi connectivity index (χ1n) is 9.57. The summed E-state index contributed by atoms with van der Waals surface area (Å²) in [5, 5.41) is 3.21. The number of rotatable bonds is 8. The van der Waals surface area contributed by atoms with E-state index in [-0.39, 0.29) is 53.8 Å². The number of carbonyl (C=O) groups is 1. The first kappa shape index (κ1) is 25.6. The van der Waals surface area contributed by atoms with Crippen molar-refractivity contribution in [1.82, 2.24) is 19.9 Å². The second kappa shape index (κ2) is 13.0. The second-order valence-corrected chi connectivity index (χ2v) is 8.13. The largest absolute Gasteiger partial charge is 0.466 e. The number of hydrogen-bond acceptors (Lipinski definition) is 6. The maximum absolute atomic E-state index is 12.2. The van der Waals surface area contributed by atoms with Crippen LogP contribution < -0.4 is 10.0 Å². The highest BCUT2D eigenvalue weighted by atomic mass is 127. The number of guanidine groups is 1. The van der Waals surface area contributed by atoms with Crippen molar-refractivity contribution >= 4 is 45.9 Å². The van der Waals surface area contributed by atoms with Crippen molar-refractivity contribution in [3.63, 3.8) is 0 Å². The van der Waals surface area contributed by atoms with E-state index in [1.165, 1.54) is 18.5 Å². The molecule has 0 bridgehead atoms. The molecule has 2 rings (SSSR count). The molecule has 2 N–H and O–H groups in total. The van der Waals surface area contributed by atoms with Gasteiger partial charge in [0.05, 0.1) is 19.1 Å². The molecule has 29 heavy (non-hydrogen) atoms. The second-order valence-electron chi connectivity index (χ2n) is 6.36. The zero-order valence-corrected chi connectivity index (χ0v) is 20.0. The number of nitrogens with zero attached hydrogens (tertiary/aromatic N) is 3. The molecular weight excluding hydrogens is 509 g/mol. The molecule has 1 aliphatic heterocycles. The Morgan fingerprint density at radius 2 is 2.21 bits per heavy atom. The molecule has 1 atom stereocenters. The van der Waals surface area contributed by atoms with E-state index < -0.39 is 10.0 Å². The fourth-order valence-corrected chi connectivity index (χ4v) is 3.96. The molecule has 0 saturated carbocycles. The van der Waals surface area contributed by atoms with Crippen LogP contribution in [0, 0.1) is 5.92 Å². The first-order valence-corrected chi connectivity index (χ1v) is 11.1. The third kappa shape index (κ3) is 8.05. The number of aliphatic imine (C=N–C) groups is 1. The SMILES string of the molecule is CCNC(=NCCNS(=O)(=O)c1cccnc1)N1CCCC(C(=O)OCC)C1.I. The summed E-state index contributed by atoms with van der Waals surface area (Å²) < 4.78 is 32.1. The molecule has 1 aromatic heterocycles. The number of hydrogen-bond donors (Lipinski definition) is 2. The van der Waals surface area contributed by atoms with E-state index in [9.17, 15) is 13.2 Å². The standard InChI is InChI=1S/C18H29N5O4S.HI/c1-3-20-18(23-12-6-7-15(14-23)17(24)27-4-2)21-10-11-22-28(25,26)16-8-5-9-19-13-16;/h5,8-9,13,15,22H,3-4,6-7,10-12,14H2,1-2H3,(H,20,21);1H. The number of esters is 1. The number of halogens is 1. The van der Waals surface area contributed by atoms with Crippen molar-refractivity contribution in [2.45, 2.75) is 31.6 Å². The lowest BCUT2D eigenvalue weighted by Gasteiger charge is -2.34. The number of sulfonamides is 1. The molecule has 1 aromatic rings. The number of carbonyl (C=O) groups excluding carboxylic acids is 1. The van der Waals surface area contributed by atoms with Crippen molar-refractivity contribution in [2.24, 2.45) is 10.9 Å². The van der Waals surface area contributed by atoms with Crippen LogP contribution in [0.3, 0.4) is 0 Å². The first-order chi connectivity index (χ1) is 13.5. The van der Waals surface area contributed by atoms with Gasteiger partial charge in [0.2, 0.25) is 10.0 Å². The van der Waals surface area contributed by atoms with Gasteiger partial charge in [0.15, 0.2) is 5.96 Å².